The first kappa shape index (κ1) is 21.9. The summed E-state index contributed by atoms with van der Waals surface area (Å²) in [6.07, 6.45) is 3.81. The van der Waals surface area contributed by atoms with Crippen molar-refractivity contribution in [3.63, 3.8) is 0 Å². The lowest BCUT2D eigenvalue weighted by molar-refractivity contribution is 0.0347. The summed E-state index contributed by atoms with van der Waals surface area (Å²) in [5.41, 5.74) is 2.56. The number of nitrogens with zero attached hydrogens (tertiary/aromatic N) is 2. The summed E-state index contributed by atoms with van der Waals surface area (Å²) in [6, 6.07) is 9.07. The fraction of sp³-hybridized carbons (Fsp3) is 0.696. The molecule has 29 heavy (non-hydrogen) atoms. The van der Waals surface area contributed by atoms with E-state index < -0.39 is 0 Å². The fourth-order valence-electron chi connectivity index (χ4n) is 3.77. The Hall–Kier alpha value is -1.79. The molecular formula is C23H38N4O2. The molecule has 2 fully saturated rings. The van der Waals surface area contributed by atoms with Crippen molar-refractivity contribution in [2.75, 3.05) is 44.4 Å². The molecule has 0 amide bonds. The SMILES string of the molecule is CCNC(=NCc1ccc(N2CCC(C)CC2)cc1)NC(C)COC1CCOC1. The molecule has 6 nitrogen and oxygen atoms in total. The van der Waals surface area contributed by atoms with Crippen LogP contribution in [0.3, 0.4) is 0 Å². The molecule has 0 saturated carbocycles. The Morgan fingerprint density at radius 1 is 1.24 bits per heavy atom. The number of guanidine groups is 1. The Morgan fingerprint density at radius 2 is 2.00 bits per heavy atom. The molecule has 0 aliphatic carbocycles. The molecule has 0 bridgehead atoms. The third kappa shape index (κ3) is 7.19. The Bertz CT molecular complexity index is 620. The molecule has 2 N–H and O–H groups in total. The Balaban J connectivity index is 1.48. The minimum Gasteiger partial charge on any atom is -0.379 e. The van der Waals surface area contributed by atoms with Crippen LogP contribution in [0.25, 0.3) is 0 Å². The van der Waals surface area contributed by atoms with Gasteiger partial charge in [-0.25, -0.2) is 4.99 Å². The lowest BCUT2D eigenvalue weighted by Crippen LogP contribution is -2.44. The third-order valence-electron chi connectivity index (χ3n) is 5.70. The summed E-state index contributed by atoms with van der Waals surface area (Å²) in [5.74, 6) is 1.69. The fourth-order valence-corrected chi connectivity index (χ4v) is 3.77. The highest BCUT2D eigenvalue weighted by Gasteiger charge is 2.18. The van der Waals surface area contributed by atoms with Crippen LogP contribution in [0.2, 0.25) is 0 Å². The van der Waals surface area contributed by atoms with Gasteiger partial charge in [-0.15, -0.1) is 0 Å². The summed E-state index contributed by atoms with van der Waals surface area (Å²) >= 11 is 0. The van der Waals surface area contributed by atoms with Crippen molar-refractivity contribution in [2.24, 2.45) is 10.9 Å². The van der Waals surface area contributed by atoms with E-state index in [4.69, 9.17) is 14.5 Å². The van der Waals surface area contributed by atoms with Gasteiger partial charge in [0.25, 0.3) is 0 Å². The summed E-state index contributed by atoms with van der Waals surface area (Å²) in [7, 11) is 0. The predicted molar refractivity (Wildman–Crippen MR) is 120 cm³/mol. The zero-order valence-electron chi connectivity index (χ0n) is 18.3. The normalized spacial score (nSPS) is 22.0. The van der Waals surface area contributed by atoms with E-state index in [9.17, 15) is 0 Å². The van der Waals surface area contributed by atoms with E-state index in [0.29, 0.717) is 19.8 Å². The molecule has 2 unspecified atom stereocenters. The molecule has 1 aromatic rings. The molecule has 2 saturated heterocycles. The van der Waals surface area contributed by atoms with Crippen molar-refractivity contribution in [1.82, 2.24) is 10.6 Å². The van der Waals surface area contributed by atoms with Crippen molar-refractivity contribution in [2.45, 2.75) is 58.7 Å². The average Bonchev–Trinajstić information content (AvgIpc) is 3.25. The van der Waals surface area contributed by atoms with Crippen LogP contribution in [0.1, 0.15) is 45.6 Å². The topological polar surface area (TPSA) is 58.1 Å². The zero-order chi connectivity index (χ0) is 20.5. The number of hydrogen-bond acceptors (Lipinski definition) is 4. The van der Waals surface area contributed by atoms with E-state index in [0.717, 1.165) is 31.4 Å². The second-order valence-corrected chi connectivity index (χ2v) is 8.40. The second kappa shape index (κ2) is 11.4. The van der Waals surface area contributed by atoms with Crippen molar-refractivity contribution in [3.05, 3.63) is 29.8 Å². The van der Waals surface area contributed by atoms with Gasteiger partial charge in [0.2, 0.25) is 0 Å². The number of anilines is 1. The number of aliphatic imine (C=N–C) groups is 1. The van der Waals surface area contributed by atoms with Crippen molar-refractivity contribution in [3.8, 4) is 0 Å². The molecule has 2 atom stereocenters. The molecule has 0 radical (unpaired) electrons. The van der Waals surface area contributed by atoms with Gasteiger partial charge in [0.05, 0.1) is 25.9 Å². The van der Waals surface area contributed by atoms with E-state index in [-0.39, 0.29) is 12.1 Å². The molecular weight excluding hydrogens is 364 g/mol. The van der Waals surface area contributed by atoms with Crippen LogP contribution in [0.15, 0.2) is 29.3 Å². The van der Waals surface area contributed by atoms with Gasteiger partial charge in [0, 0.05) is 38.0 Å². The maximum absolute atomic E-state index is 5.91. The first-order valence-electron chi connectivity index (χ1n) is 11.2. The minimum absolute atomic E-state index is 0.192. The van der Waals surface area contributed by atoms with Gasteiger partial charge in [0.15, 0.2) is 5.96 Å². The molecule has 2 heterocycles. The highest BCUT2D eigenvalue weighted by molar-refractivity contribution is 5.80. The van der Waals surface area contributed by atoms with E-state index in [1.54, 1.807) is 0 Å². The molecule has 2 aliphatic heterocycles. The summed E-state index contributed by atoms with van der Waals surface area (Å²) in [5, 5.41) is 6.77. The highest BCUT2D eigenvalue weighted by atomic mass is 16.5. The van der Waals surface area contributed by atoms with Crippen molar-refractivity contribution < 1.29 is 9.47 Å². The second-order valence-electron chi connectivity index (χ2n) is 8.40. The Morgan fingerprint density at radius 3 is 2.66 bits per heavy atom. The molecule has 3 rings (SSSR count). The standard InChI is InChI=1S/C23H38N4O2/c1-4-24-23(26-19(3)16-29-22-11-14-28-17-22)25-15-20-5-7-21(8-6-20)27-12-9-18(2)10-13-27/h5-8,18-19,22H,4,9-17H2,1-3H3,(H2,24,25,26). The van der Waals surface area contributed by atoms with Gasteiger partial charge in [-0.2, -0.15) is 0 Å². The van der Waals surface area contributed by atoms with Crippen molar-refractivity contribution >= 4 is 11.6 Å². The first-order valence-corrected chi connectivity index (χ1v) is 11.2. The molecule has 0 aromatic heterocycles. The van der Waals surface area contributed by atoms with E-state index in [1.807, 2.05) is 0 Å². The van der Waals surface area contributed by atoms with Gasteiger partial charge in [-0.1, -0.05) is 19.1 Å². The maximum Gasteiger partial charge on any atom is 0.191 e. The number of hydrogen-bond donors (Lipinski definition) is 2. The predicted octanol–water partition coefficient (Wildman–Crippen LogP) is 3.17. The number of ether oxygens (including phenoxy) is 2. The third-order valence-corrected chi connectivity index (χ3v) is 5.70. The van der Waals surface area contributed by atoms with Gasteiger partial charge >= 0.3 is 0 Å². The number of benzene rings is 1. The van der Waals surface area contributed by atoms with Crippen LogP contribution in [0.4, 0.5) is 5.69 Å². The molecule has 2 aliphatic rings. The van der Waals surface area contributed by atoms with Gasteiger partial charge < -0.3 is 25.0 Å². The zero-order valence-corrected chi connectivity index (χ0v) is 18.3. The monoisotopic (exact) mass is 402 g/mol. The quantitative estimate of drug-likeness (QED) is 0.517. The number of piperidine rings is 1. The molecule has 6 heteroatoms. The van der Waals surface area contributed by atoms with Gasteiger partial charge in [0.1, 0.15) is 0 Å². The van der Waals surface area contributed by atoms with Crippen LogP contribution in [0, 0.1) is 5.92 Å². The minimum atomic E-state index is 0.192. The molecule has 1 aromatic carbocycles. The first-order chi connectivity index (χ1) is 14.1. The lowest BCUT2D eigenvalue weighted by atomic mass is 9.99. The van der Waals surface area contributed by atoms with Crippen LogP contribution in [-0.2, 0) is 16.0 Å². The van der Waals surface area contributed by atoms with E-state index in [1.165, 1.54) is 37.2 Å². The van der Waals surface area contributed by atoms with Crippen LogP contribution in [-0.4, -0.2) is 57.6 Å². The van der Waals surface area contributed by atoms with E-state index in [2.05, 4.69) is 60.6 Å². The molecule has 0 spiro atoms. The van der Waals surface area contributed by atoms with Crippen LogP contribution >= 0.6 is 0 Å². The van der Waals surface area contributed by atoms with Crippen LogP contribution in [0.5, 0.6) is 0 Å². The summed E-state index contributed by atoms with van der Waals surface area (Å²) in [4.78, 5) is 7.25. The highest BCUT2D eigenvalue weighted by Crippen LogP contribution is 2.23. The van der Waals surface area contributed by atoms with Crippen molar-refractivity contribution in [1.29, 1.82) is 0 Å². The Kier molecular flexibility index (Phi) is 8.62. The van der Waals surface area contributed by atoms with Gasteiger partial charge in [-0.05, 0) is 56.7 Å². The average molecular weight is 403 g/mol. The largest absolute Gasteiger partial charge is 0.379 e. The maximum atomic E-state index is 5.91. The Labute approximate surface area is 176 Å². The number of rotatable bonds is 8. The smallest absolute Gasteiger partial charge is 0.191 e. The van der Waals surface area contributed by atoms with E-state index >= 15 is 0 Å². The van der Waals surface area contributed by atoms with Gasteiger partial charge in [-0.3, -0.25) is 0 Å². The summed E-state index contributed by atoms with van der Waals surface area (Å²) in [6.45, 7) is 12.6. The number of nitrogens with one attached hydrogen (secondary N) is 2. The molecule has 162 valence electrons. The lowest BCUT2D eigenvalue weighted by Gasteiger charge is -2.32. The van der Waals surface area contributed by atoms with Crippen LogP contribution < -0.4 is 15.5 Å². The summed E-state index contributed by atoms with van der Waals surface area (Å²) < 4.78 is 11.3.